The topological polar surface area (TPSA) is 52.0 Å². The van der Waals surface area contributed by atoms with Crippen molar-refractivity contribution in [2.45, 2.75) is 0 Å². The second-order valence-corrected chi connectivity index (χ2v) is 5.20. The molecule has 106 valence electrons. The summed E-state index contributed by atoms with van der Waals surface area (Å²) in [5.41, 5.74) is 7.50. The Morgan fingerprint density at radius 3 is 2.62 bits per heavy atom. The van der Waals surface area contributed by atoms with E-state index in [0.717, 1.165) is 5.56 Å². The Morgan fingerprint density at radius 2 is 1.86 bits per heavy atom. The molecule has 6 heteroatoms. The Bertz CT molecular complexity index is 817. The highest BCUT2D eigenvalue weighted by Crippen LogP contribution is 2.40. The van der Waals surface area contributed by atoms with Gasteiger partial charge in [-0.2, -0.15) is 0 Å². The maximum absolute atomic E-state index is 13.6. The molecule has 1 heterocycles. The zero-order chi connectivity index (χ0) is 15.0. The molecule has 3 rings (SSSR count). The number of aromatic nitrogens is 1. The van der Waals surface area contributed by atoms with E-state index in [-0.39, 0.29) is 10.8 Å². The Kier molecular flexibility index (Phi) is 3.57. The van der Waals surface area contributed by atoms with Crippen LogP contribution in [0.15, 0.2) is 47.0 Å². The zero-order valence-electron chi connectivity index (χ0n) is 10.6. The van der Waals surface area contributed by atoms with Gasteiger partial charge < -0.3 is 10.3 Å². The Labute approximate surface area is 130 Å². The van der Waals surface area contributed by atoms with E-state index in [4.69, 9.17) is 33.5 Å². The van der Waals surface area contributed by atoms with Crippen molar-refractivity contribution < 1.29 is 8.91 Å². The number of nitrogen functional groups attached to an aromatic ring is 1. The van der Waals surface area contributed by atoms with E-state index in [1.165, 1.54) is 12.1 Å². The minimum absolute atomic E-state index is 0.0445. The van der Waals surface area contributed by atoms with E-state index >= 15 is 0 Å². The minimum Gasteiger partial charge on any atom is -0.380 e. The highest BCUT2D eigenvalue weighted by atomic mass is 35.5. The molecule has 0 saturated heterocycles. The minimum atomic E-state index is -0.541. The van der Waals surface area contributed by atoms with Crippen LogP contribution in [0.3, 0.4) is 0 Å². The Balaban J connectivity index is 2.24. The highest BCUT2D eigenvalue weighted by Gasteiger charge is 2.21. The molecule has 0 aliphatic heterocycles. The van der Waals surface area contributed by atoms with Crippen molar-refractivity contribution in [2.75, 3.05) is 5.73 Å². The number of benzene rings is 2. The van der Waals surface area contributed by atoms with Crippen molar-refractivity contribution in [1.29, 1.82) is 0 Å². The third kappa shape index (κ3) is 2.48. The molecule has 0 aliphatic rings. The van der Waals surface area contributed by atoms with Gasteiger partial charge in [-0.3, -0.25) is 0 Å². The van der Waals surface area contributed by atoms with Crippen LogP contribution in [0.2, 0.25) is 10.0 Å². The fourth-order valence-corrected chi connectivity index (χ4v) is 2.49. The zero-order valence-corrected chi connectivity index (χ0v) is 12.1. The van der Waals surface area contributed by atoms with Crippen molar-refractivity contribution in [3.8, 4) is 22.5 Å². The van der Waals surface area contributed by atoms with Crippen LogP contribution >= 0.6 is 23.2 Å². The summed E-state index contributed by atoms with van der Waals surface area (Å²) in [5, 5.41) is 4.25. The lowest BCUT2D eigenvalue weighted by Gasteiger charge is -2.05. The molecule has 0 fully saturated rings. The van der Waals surface area contributed by atoms with Crippen LogP contribution in [0.5, 0.6) is 0 Å². The van der Waals surface area contributed by atoms with Crippen LogP contribution in [0.1, 0.15) is 0 Å². The van der Waals surface area contributed by atoms with Gasteiger partial charge >= 0.3 is 0 Å². The molecule has 3 nitrogen and oxygen atoms in total. The lowest BCUT2D eigenvalue weighted by Crippen LogP contribution is -1.90. The molecule has 3 aromatic rings. The van der Waals surface area contributed by atoms with Crippen molar-refractivity contribution in [3.05, 3.63) is 58.3 Å². The standard InChI is InChI=1S/C15H9Cl2FN2O/c16-9-4-1-3-8(7-9)12-14(21-20-15(12)19)10-5-2-6-11(18)13(10)17/h1-7H,(H2,19,20). The smallest absolute Gasteiger partial charge is 0.178 e. The van der Waals surface area contributed by atoms with Gasteiger partial charge in [0.2, 0.25) is 0 Å². The molecule has 0 aliphatic carbocycles. The van der Waals surface area contributed by atoms with E-state index in [2.05, 4.69) is 5.16 Å². The molecule has 0 atom stereocenters. The number of anilines is 1. The number of rotatable bonds is 2. The van der Waals surface area contributed by atoms with Gasteiger partial charge in [0.25, 0.3) is 0 Å². The van der Waals surface area contributed by atoms with Gasteiger partial charge in [-0.1, -0.05) is 46.6 Å². The first-order chi connectivity index (χ1) is 10.1. The summed E-state index contributed by atoms with van der Waals surface area (Å²) in [6, 6.07) is 11.5. The molecule has 2 aromatic carbocycles. The molecule has 2 N–H and O–H groups in total. The van der Waals surface area contributed by atoms with Crippen LogP contribution in [0.4, 0.5) is 10.2 Å². The van der Waals surface area contributed by atoms with Gasteiger partial charge in [-0.15, -0.1) is 0 Å². The molecular weight excluding hydrogens is 314 g/mol. The molecular formula is C15H9Cl2FN2O. The molecule has 0 unspecified atom stereocenters. The first-order valence-corrected chi connectivity index (χ1v) is 6.79. The number of hydrogen-bond acceptors (Lipinski definition) is 3. The largest absolute Gasteiger partial charge is 0.380 e. The summed E-state index contributed by atoms with van der Waals surface area (Å²) in [6.07, 6.45) is 0. The maximum Gasteiger partial charge on any atom is 0.178 e. The number of halogens is 3. The Hall–Kier alpha value is -2.04. The average Bonchev–Trinajstić information content (AvgIpc) is 2.83. The molecule has 0 saturated carbocycles. The van der Waals surface area contributed by atoms with Crippen LogP contribution in [0.25, 0.3) is 22.5 Å². The quantitative estimate of drug-likeness (QED) is 0.719. The van der Waals surface area contributed by atoms with Crippen molar-refractivity contribution in [3.63, 3.8) is 0 Å². The first-order valence-electron chi connectivity index (χ1n) is 6.03. The normalized spacial score (nSPS) is 10.8. The Morgan fingerprint density at radius 1 is 1.10 bits per heavy atom. The number of hydrogen-bond donors (Lipinski definition) is 1. The fourth-order valence-electron chi connectivity index (χ4n) is 2.09. The van der Waals surface area contributed by atoms with Gasteiger partial charge in [0.1, 0.15) is 5.82 Å². The monoisotopic (exact) mass is 322 g/mol. The van der Waals surface area contributed by atoms with E-state index in [0.29, 0.717) is 21.9 Å². The summed E-state index contributed by atoms with van der Waals surface area (Å²) in [5.74, 6) is -0.0481. The van der Waals surface area contributed by atoms with Crippen LogP contribution in [0, 0.1) is 5.82 Å². The first kappa shape index (κ1) is 13.9. The van der Waals surface area contributed by atoms with Gasteiger partial charge in [0, 0.05) is 10.6 Å². The SMILES string of the molecule is Nc1noc(-c2cccc(F)c2Cl)c1-c1cccc(Cl)c1. The van der Waals surface area contributed by atoms with Gasteiger partial charge in [-0.25, -0.2) is 4.39 Å². The van der Waals surface area contributed by atoms with E-state index in [1.54, 1.807) is 24.3 Å². The molecule has 0 bridgehead atoms. The summed E-state index contributed by atoms with van der Waals surface area (Å²) >= 11 is 12.0. The van der Waals surface area contributed by atoms with Crippen LogP contribution < -0.4 is 5.73 Å². The molecule has 1 aromatic heterocycles. The lowest BCUT2D eigenvalue weighted by molar-refractivity contribution is 0.436. The predicted molar refractivity (Wildman–Crippen MR) is 81.8 cm³/mol. The van der Waals surface area contributed by atoms with Gasteiger partial charge in [-0.05, 0) is 29.8 Å². The van der Waals surface area contributed by atoms with Crippen molar-refractivity contribution >= 4 is 29.0 Å². The molecule has 0 radical (unpaired) electrons. The van der Waals surface area contributed by atoms with E-state index < -0.39 is 5.82 Å². The van der Waals surface area contributed by atoms with Crippen LogP contribution in [-0.2, 0) is 0 Å². The molecule has 21 heavy (non-hydrogen) atoms. The van der Waals surface area contributed by atoms with Gasteiger partial charge in [0.05, 0.1) is 10.6 Å². The summed E-state index contributed by atoms with van der Waals surface area (Å²) in [6.45, 7) is 0. The lowest BCUT2D eigenvalue weighted by atomic mass is 10.0. The summed E-state index contributed by atoms with van der Waals surface area (Å²) in [4.78, 5) is 0. The number of nitrogens with zero attached hydrogens (tertiary/aromatic N) is 1. The highest BCUT2D eigenvalue weighted by molar-refractivity contribution is 6.33. The number of nitrogens with two attached hydrogens (primary N) is 1. The summed E-state index contributed by atoms with van der Waals surface area (Å²) < 4.78 is 18.9. The molecule has 0 amide bonds. The fraction of sp³-hybridized carbons (Fsp3) is 0. The van der Waals surface area contributed by atoms with Crippen molar-refractivity contribution in [2.24, 2.45) is 0 Å². The van der Waals surface area contributed by atoms with Gasteiger partial charge in [0.15, 0.2) is 11.6 Å². The third-order valence-electron chi connectivity index (χ3n) is 3.03. The second kappa shape index (κ2) is 5.39. The van der Waals surface area contributed by atoms with E-state index in [9.17, 15) is 4.39 Å². The predicted octanol–water partition coefficient (Wildman–Crippen LogP) is 5.04. The third-order valence-corrected chi connectivity index (χ3v) is 3.65. The van der Waals surface area contributed by atoms with Crippen LogP contribution in [-0.4, -0.2) is 5.16 Å². The maximum atomic E-state index is 13.6. The van der Waals surface area contributed by atoms with Crippen molar-refractivity contribution in [1.82, 2.24) is 5.16 Å². The molecule has 0 spiro atoms. The average molecular weight is 323 g/mol. The summed E-state index contributed by atoms with van der Waals surface area (Å²) in [7, 11) is 0. The van der Waals surface area contributed by atoms with E-state index in [1.807, 2.05) is 6.07 Å². The second-order valence-electron chi connectivity index (χ2n) is 4.38.